The Labute approximate surface area is 278 Å². The summed E-state index contributed by atoms with van der Waals surface area (Å²) in [6.45, 7) is -2.64. The second kappa shape index (κ2) is 14.5. The Morgan fingerprint density at radius 1 is 1.16 bits per heavy atom. The fraction of sp³-hybridized carbons (Fsp3) is 0.259. The summed E-state index contributed by atoms with van der Waals surface area (Å²) in [5.41, 5.74) is 5.43. The van der Waals surface area contributed by atoms with E-state index in [1.54, 1.807) is 0 Å². The highest BCUT2D eigenvalue weighted by Crippen LogP contribution is 2.32. The van der Waals surface area contributed by atoms with Gasteiger partial charge in [0.2, 0.25) is 0 Å². The van der Waals surface area contributed by atoms with E-state index in [1.165, 1.54) is 24.5 Å². The molecule has 49 heavy (non-hydrogen) atoms. The van der Waals surface area contributed by atoms with Crippen molar-refractivity contribution in [3.8, 4) is 16.8 Å². The number of guanidine groups is 1. The number of carbonyl (C=O) groups excluding carboxylic acids is 2. The van der Waals surface area contributed by atoms with Crippen LogP contribution < -0.4 is 11.1 Å². The first-order valence-electron chi connectivity index (χ1n) is 13.5. The van der Waals surface area contributed by atoms with Gasteiger partial charge >= 0.3 is 12.3 Å². The number of aromatic nitrogens is 5. The summed E-state index contributed by atoms with van der Waals surface area (Å²) < 4.78 is 111. The number of ether oxygens (including phenoxy) is 1. The summed E-state index contributed by atoms with van der Waals surface area (Å²) in [5.74, 6) is -3.41. The van der Waals surface area contributed by atoms with Crippen LogP contribution in [-0.2, 0) is 14.8 Å². The van der Waals surface area contributed by atoms with Gasteiger partial charge in [-0.25, -0.2) is 36.0 Å². The van der Waals surface area contributed by atoms with Gasteiger partial charge < -0.3 is 15.8 Å². The molecule has 0 aliphatic rings. The Morgan fingerprint density at radius 2 is 1.88 bits per heavy atom. The van der Waals surface area contributed by atoms with Crippen LogP contribution >= 0.6 is 11.6 Å². The molecule has 3 N–H and O–H groups in total. The van der Waals surface area contributed by atoms with Crippen molar-refractivity contribution in [2.45, 2.75) is 18.6 Å². The van der Waals surface area contributed by atoms with Gasteiger partial charge in [-0.3, -0.25) is 14.7 Å². The number of carbonyl (C=O) groups is 2. The molecule has 0 saturated heterocycles. The minimum Gasteiger partial charge on any atom is -0.447 e. The molecule has 0 radical (unpaired) electrons. The van der Waals surface area contributed by atoms with Crippen LogP contribution in [0.4, 0.5) is 31.1 Å². The van der Waals surface area contributed by atoms with Gasteiger partial charge in [-0.05, 0) is 29.8 Å². The third-order valence-corrected chi connectivity index (χ3v) is 7.79. The quantitative estimate of drug-likeness (QED) is 0.138. The molecule has 4 rings (SSSR count). The SMILES string of the molecule is CN=C(N)N(C(=O)c1ccc(-c2cnn(S(C)(=O)=O)c2)c(F)c1)[C@H](COC(=O)NCC(F)(F)F)c1ccc(Cl)c(-n2ncnc2C(F)F)c1. The zero-order valence-electron chi connectivity index (χ0n) is 25.1. The maximum Gasteiger partial charge on any atom is 0.407 e. The van der Waals surface area contributed by atoms with Gasteiger partial charge in [0, 0.05) is 23.7 Å². The number of nitrogens with zero attached hydrogens (tertiary/aromatic N) is 7. The Hall–Kier alpha value is -5.18. The lowest BCUT2D eigenvalue weighted by Crippen LogP contribution is -2.46. The molecule has 262 valence electrons. The lowest BCUT2D eigenvalue weighted by atomic mass is 10.0. The van der Waals surface area contributed by atoms with E-state index in [2.05, 4.69) is 20.2 Å². The number of halogens is 7. The van der Waals surface area contributed by atoms with Crippen molar-refractivity contribution in [2.75, 3.05) is 26.5 Å². The van der Waals surface area contributed by atoms with Crippen molar-refractivity contribution in [1.82, 2.24) is 34.2 Å². The maximum absolute atomic E-state index is 15.4. The molecule has 14 nitrogen and oxygen atoms in total. The van der Waals surface area contributed by atoms with E-state index in [4.69, 9.17) is 22.1 Å². The smallest absolute Gasteiger partial charge is 0.407 e. The Balaban J connectivity index is 1.78. The van der Waals surface area contributed by atoms with E-state index in [9.17, 15) is 40.0 Å². The van der Waals surface area contributed by atoms with Crippen LogP contribution in [0.5, 0.6) is 0 Å². The van der Waals surface area contributed by atoms with Crippen LogP contribution in [0, 0.1) is 5.82 Å². The molecule has 0 spiro atoms. The predicted octanol–water partition coefficient (Wildman–Crippen LogP) is 4.09. The van der Waals surface area contributed by atoms with Crippen LogP contribution in [0.1, 0.15) is 34.2 Å². The average Bonchev–Trinajstić information content (AvgIpc) is 3.72. The second-order valence-electron chi connectivity index (χ2n) is 9.94. The molecule has 0 bridgehead atoms. The summed E-state index contributed by atoms with van der Waals surface area (Å²) in [5, 5.41) is 8.81. The van der Waals surface area contributed by atoms with Gasteiger partial charge in [0.25, 0.3) is 22.4 Å². The number of aliphatic imine (C=N–C) groups is 1. The molecule has 2 aromatic carbocycles. The minimum atomic E-state index is -4.79. The van der Waals surface area contributed by atoms with Crippen molar-refractivity contribution in [3.63, 3.8) is 0 Å². The molecule has 0 unspecified atom stereocenters. The fourth-order valence-corrected chi connectivity index (χ4v) is 5.06. The number of alkyl halides is 5. The first-order valence-corrected chi connectivity index (χ1v) is 15.7. The summed E-state index contributed by atoms with van der Waals surface area (Å²) in [4.78, 5) is 34.2. The standard InChI is InChI=1S/C27H24ClF6N9O5S/c1-36-25(35)42(24(44)15-3-5-17(19(29)7-15)16-9-39-41(10-16)49(2,46)47)21(11-48-26(45)37-12-27(32,33)34)14-4-6-18(28)20(8-14)43-23(22(30)31)38-13-40-43/h3-10,13,21-22H,11-12H2,1-2H3,(H2,35,36)(H,37,45)/t21-/m1/s1. The molecule has 2 heterocycles. The molecule has 1 atom stereocenters. The van der Waals surface area contributed by atoms with E-state index < -0.39 is 71.4 Å². The Bertz CT molecular complexity index is 2000. The maximum atomic E-state index is 15.4. The molecule has 2 aromatic heterocycles. The first-order chi connectivity index (χ1) is 22.9. The number of hydrogen-bond donors (Lipinski definition) is 2. The number of nitrogens with two attached hydrogens (primary N) is 1. The molecule has 0 fully saturated rings. The molecule has 0 aliphatic carbocycles. The van der Waals surface area contributed by atoms with Gasteiger partial charge in [0.05, 0.1) is 35.4 Å². The number of alkyl carbamates (subject to hydrolysis) is 1. The molecule has 2 amide bonds. The summed E-state index contributed by atoms with van der Waals surface area (Å²) in [6, 6.07) is 5.20. The normalized spacial score (nSPS) is 13.0. The first kappa shape index (κ1) is 36.7. The largest absolute Gasteiger partial charge is 0.447 e. The fourth-order valence-electron chi connectivity index (χ4n) is 4.34. The van der Waals surface area contributed by atoms with Crippen molar-refractivity contribution < 1.29 is 49.1 Å². The monoisotopic (exact) mass is 735 g/mol. The van der Waals surface area contributed by atoms with Crippen molar-refractivity contribution in [2.24, 2.45) is 10.7 Å². The molecule has 0 saturated carbocycles. The van der Waals surface area contributed by atoms with Crippen molar-refractivity contribution in [1.29, 1.82) is 0 Å². The van der Waals surface area contributed by atoms with Crippen molar-refractivity contribution in [3.05, 3.63) is 82.9 Å². The number of rotatable bonds is 10. The van der Waals surface area contributed by atoms with Crippen LogP contribution in [-0.4, -0.2) is 87.9 Å². The molecular formula is C27H24ClF6N9O5S. The number of hydrogen-bond acceptors (Lipinski definition) is 9. The van der Waals surface area contributed by atoms with Gasteiger partial charge in [-0.1, -0.05) is 23.7 Å². The molecular weight excluding hydrogens is 712 g/mol. The van der Waals surface area contributed by atoms with Gasteiger partial charge in [0.1, 0.15) is 25.3 Å². The number of nitrogens with one attached hydrogen (secondary N) is 1. The van der Waals surface area contributed by atoms with Crippen LogP contribution in [0.2, 0.25) is 5.02 Å². The van der Waals surface area contributed by atoms with E-state index >= 15 is 4.39 Å². The van der Waals surface area contributed by atoms with Crippen LogP contribution in [0.25, 0.3) is 16.8 Å². The summed E-state index contributed by atoms with van der Waals surface area (Å²) >= 11 is 6.27. The summed E-state index contributed by atoms with van der Waals surface area (Å²) in [7, 11) is -2.62. The van der Waals surface area contributed by atoms with Gasteiger partial charge in [0.15, 0.2) is 11.8 Å². The number of benzene rings is 2. The van der Waals surface area contributed by atoms with Gasteiger partial charge in [-0.15, -0.1) is 0 Å². The highest BCUT2D eigenvalue weighted by atomic mass is 35.5. The second-order valence-corrected chi connectivity index (χ2v) is 12.2. The highest BCUT2D eigenvalue weighted by Gasteiger charge is 2.33. The van der Waals surface area contributed by atoms with Crippen LogP contribution in [0.3, 0.4) is 0 Å². The topological polar surface area (TPSA) is 180 Å². The average molecular weight is 736 g/mol. The Morgan fingerprint density at radius 3 is 2.47 bits per heavy atom. The molecule has 0 aliphatic heterocycles. The van der Waals surface area contributed by atoms with E-state index in [0.29, 0.717) is 8.77 Å². The van der Waals surface area contributed by atoms with E-state index in [1.807, 2.05) is 0 Å². The van der Waals surface area contributed by atoms with E-state index in [0.717, 1.165) is 54.1 Å². The molecule has 4 aromatic rings. The zero-order chi connectivity index (χ0) is 36.3. The van der Waals surface area contributed by atoms with Crippen LogP contribution in [0.15, 0.2) is 60.1 Å². The number of amides is 2. The minimum absolute atomic E-state index is 0.0241. The predicted molar refractivity (Wildman–Crippen MR) is 161 cm³/mol. The highest BCUT2D eigenvalue weighted by molar-refractivity contribution is 7.89. The third kappa shape index (κ3) is 8.65. The van der Waals surface area contributed by atoms with E-state index in [-0.39, 0.29) is 33.0 Å². The molecule has 22 heteroatoms. The zero-order valence-corrected chi connectivity index (χ0v) is 26.6. The third-order valence-electron chi connectivity index (χ3n) is 6.59. The Kier molecular flexibility index (Phi) is 10.9. The van der Waals surface area contributed by atoms with Crippen molar-refractivity contribution >= 4 is 39.6 Å². The van der Waals surface area contributed by atoms with Gasteiger partial charge in [-0.2, -0.15) is 27.5 Å². The lowest BCUT2D eigenvalue weighted by molar-refractivity contribution is -0.123. The summed E-state index contributed by atoms with van der Waals surface area (Å²) in [6.07, 6.45) is -5.59. The lowest BCUT2D eigenvalue weighted by Gasteiger charge is -2.31.